The number of hydrogen-bond donors (Lipinski definition) is 2. The van der Waals surface area contributed by atoms with E-state index in [-0.39, 0.29) is 12.5 Å². The molecule has 0 saturated carbocycles. The number of carbonyl (C=O) groups excluding carboxylic acids is 1. The first-order chi connectivity index (χ1) is 11.1. The van der Waals surface area contributed by atoms with Gasteiger partial charge in [0, 0.05) is 23.2 Å². The summed E-state index contributed by atoms with van der Waals surface area (Å²) < 4.78 is 6.96. The third-order valence-corrected chi connectivity index (χ3v) is 5.47. The molecule has 2 heterocycles. The molecule has 2 aromatic heterocycles. The number of aliphatic hydroxyl groups excluding tert-OH is 1. The molecule has 0 bridgehead atoms. The highest BCUT2D eigenvalue weighted by molar-refractivity contribution is 8.00. The molecule has 0 fully saturated rings. The number of benzene rings is 1. The fourth-order valence-electron chi connectivity index (χ4n) is 2.24. The van der Waals surface area contributed by atoms with Crippen molar-refractivity contribution in [2.45, 2.75) is 23.0 Å². The second-order valence-corrected chi connectivity index (χ2v) is 7.41. The first-order valence-electron chi connectivity index (χ1n) is 7.28. The molecule has 0 aliphatic rings. The molecule has 1 aromatic carbocycles. The van der Waals surface area contributed by atoms with Crippen molar-refractivity contribution < 1.29 is 14.3 Å². The quantitative estimate of drug-likeness (QED) is 0.664. The SMILES string of the molecule is CC(O)CNC(=O)c1oc2ccccc2c1CSc1cccs1. The Hall–Kier alpha value is -1.76. The van der Waals surface area contributed by atoms with Gasteiger partial charge in [0.1, 0.15) is 5.58 Å². The Balaban J connectivity index is 1.89. The minimum absolute atomic E-state index is 0.202. The Morgan fingerprint density at radius 3 is 2.91 bits per heavy atom. The van der Waals surface area contributed by atoms with Crippen LogP contribution in [0.1, 0.15) is 23.0 Å². The van der Waals surface area contributed by atoms with Gasteiger partial charge in [-0.1, -0.05) is 24.3 Å². The molecule has 1 amide bonds. The zero-order chi connectivity index (χ0) is 16.2. The maximum Gasteiger partial charge on any atom is 0.287 e. The lowest BCUT2D eigenvalue weighted by molar-refractivity contribution is 0.0898. The number of hydrogen-bond acceptors (Lipinski definition) is 5. The number of furan rings is 1. The van der Waals surface area contributed by atoms with Gasteiger partial charge in [-0.05, 0) is 24.4 Å². The summed E-state index contributed by atoms with van der Waals surface area (Å²) in [6.07, 6.45) is -0.590. The monoisotopic (exact) mass is 347 g/mol. The number of thioether (sulfide) groups is 1. The lowest BCUT2D eigenvalue weighted by atomic mass is 10.1. The van der Waals surface area contributed by atoms with Crippen LogP contribution in [0.5, 0.6) is 0 Å². The van der Waals surface area contributed by atoms with E-state index in [4.69, 9.17) is 4.42 Å². The number of para-hydroxylation sites is 1. The van der Waals surface area contributed by atoms with Crippen molar-refractivity contribution in [2.75, 3.05) is 6.54 Å². The highest BCUT2D eigenvalue weighted by atomic mass is 32.2. The van der Waals surface area contributed by atoms with Crippen molar-refractivity contribution in [3.63, 3.8) is 0 Å². The van der Waals surface area contributed by atoms with Gasteiger partial charge in [0.2, 0.25) is 0 Å². The maximum atomic E-state index is 12.4. The van der Waals surface area contributed by atoms with Crippen LogP contribution >= 0.6 is 23.1 Å². The lowest BCUT2D eigenvalue weighted by Crippen LogP contribution is -2.30. The van der Waals surface area contributed by atoms with Crippen molar-refractivity contribution in [1.82, 2.24) is 5.32 Å². The van der Waals surface area contributed by atoms with Crippen LogP contribution in [-0.2, 0) is 5.75 Å². The van der Waals surface area contributed by atoms with Gasteiger partial charge in [-0.25, -0.2) is 0 Å². The summed E-state index contributed by atoms with van der Waals surface area (Å²) in [7, 11) is 0. The van der Waals surface area contributed by atoms with Gasteiger partial charge in [-0.3, -0.25) is 4.79 Å². The molecule has 23 heavy (non-hydrogen) atoms. The molecule has 1 unspecified atom stereocenters. The number of carbonyl (C=O) groups is 1. The fourth-order valence-corrected chi connectivity index (χ4v) is 4.05. The van der Waals surface area contributed by atoms with Gasteiger partial charge in [-0.15, -0.1) is 23.1 Å². The van der Waals surface area contributed by atoms with E-state index in [0.29, 0.717) is 17.1 Å². The highest BCUT2D eigenvalue weighted by Gasteiger charge is 2.20. The molecular weight excluding hydrogens is 330 g/mol. The normalized spacial score (nSPS) is 12.4. The summed E-state index contributed by atoms with van der Waals surface area (Å²) in [6.45, 7) is 1.83. The highest BCUT2D eigenvalue weighted by Crippen LogP contribution is 2.33. The molecule has 120 valence electrons. The van der Waals surface area contributed by atoms with Crippen LogP contribution in [-0.4, -0.2) is 23.7 Å². The van der Waals surface area contributed by atoms with E-state index in [0.717, 1.165) is 10.9 Å². The molecule has 0 aliphatic carbocycles. The van der Waals surface area contributed by atoms with Gasteiger partial charge in [-0.2, -0.15) is 0 Å². The number of amides is 1. The average Bonchev–Trinajstić information content (AvgIpc) is 3.17. The number of rotatable bonds is 6. The van der Waals surface area contributed by atoms with Gasteiger partial charge in [0.25, 0.3) is 5.91 Å². The van der Waals surface area contributed by atoms with Crippen LogP contribution in [0.2, 0.25) is 0 Å². The molecule has 2 N–H and O–H groups in total. The van der Waals surface area contributed by atoms with Gasteiger partial charge >= 0.3 is 0 Å². The zero-order valence-corrected chi connectivity index (χ0v) is 14.2. The topological polar surface area (TPSA) is 62.5 Å². The van der Waals surface area contributed by atoms with Crippen LogP contribution in [0, 0.1) is 0 Å². The third-order valence-electron chi connectivity index (χ3n) is 3.32. The molecule has 0 radical (unpaired) electrons. The van der Waals surface area contributed by atoms with Crippen molar-refractivity contribution in [2.24, 2.45) is 0 Å². The standard InChI is InChI=1S/C17H17NO3S2/c1-11(19)9-18-17(20)16-13(10-23-15-7-4-8-22-15)12-5-2-3-6-14(12)21-16/h2-8,11,19H,9-10H2,1H3,(H,18,20). The van der Waals surface area contributed by atoms with Crippen LogP contribution < -0.4 is 5.32 Å². The van der Waals surface area contributed by atoms with Crippen molar-refractivity contribution in [3.05, 3.63) is 53.1 Å². The van der Waals surface area contributed by atoms with Crippen molar-refractivity contribution in [3.8, 4) is 0 Å². The van der Waals surface area contributed by atoms with E-state index in [1.165, 1.54) is 4.21 Å². The third kappa shape index (κ3) is 3.77. The Kier molecular flexibility index (Phi) is 5.05. The zero-order valence-electron chi connectivity index (χ0n) is 12.6. The lowest BCUT2D eigenvalue weighted by Gasteiger charge is -2.06. The Morgan fingerprint density at radius 2 is 2.17 bits per heavy atom. The maximum absolute atomic E-state index is 12.4. The largest absolute Gasteiger partial charge is 0.451 e. The molecule has 3 aromatic rings. The van der Waals surface area contributed by atoms with E-state index in [2.05, 4.69) is 11.4 Å². The summed E-state index contributed by atoms with van der Waals surface area (Å²) in [6, 6.07) is 11.7. The molecule has 1 atom stereocenters. The average molecular weight is 347 g/mol. The van der Waals surface area contributed by atoms with Crippen LogP contribution in [0.4, 0.5) is 0 Å². The first kappa shape index (κ1) is 16.1. The molecule has 3 rings (SSSR count). The predicted octanol–water partition coefficient (Wildman–Crippen LogP) is 3.90. The minimum atomic E-state index is -0.590. The number of thiophene rings is 1. The van der Waals surface area contributed by atoms with Crippen molar-refractivity contribution in [1.29, 1.82) is 0 Å². The first-order valence-corrected chi connectivity index (χ1v) is 9.14. The van der Waals surface area contributed by atoms with E-state index in [1.807, 2.05) is 35.7 Å². The van der Waals surface area contributed by atoms with Gasteiger partial charge in [0.05, 0.1) is 10.3 Å². The Morgan fingerprint density at radius 1 is 1.35 bits per heavy atom. The summed E-state index contributed by atoms with van der Waals surface area (Å²) in [5.74, 6) is 0.703. The predicted molar refractivity (Wildman–Crippen MR) is 94.1 cm³/mol. The summed E-state index contributed by atoms with van der Waals surface area (Å²) >= 11 is 3.36. The fraction of sp³-hybridized carbons (Fsp3) is 0.235. The van der Waals surface area contributed by atoms with E-state index >= 15 is 0 Å². The van der Waals surface area contributed by atoms with Gasteiger partial charge < -0.3 is 14.8 Å². The molecule has 0 spiro atoms. The Bertz CT molecular complexity index is 793. The van der Waals surface area contributed by atoms with Crippen LogP contribution in [0.3, 0.4) is 0 Å². The molecule has 0 saturated heterocycles. The van der Waals surface area contributed by atoms with Crippen LogP contribution in [0.15, 0.2) is 50.4 Å². The van der Waals surface area contributed by atoms with E-state index < -0.39 is 6.10 Å². The second kappa shape index (κ2) is 7.21. The Labute approximate surface area is 142 Å². The molecular formula is C17H17NO3S2. The number of nitrogens with one attached hydrogen (secondary N) is 1. The van der Waals surface area contributed by atoms with E-state index in [9.17, 15) is 9.90 Å². The minimum Gasteiger partial charge on any atom is -0.451 e. The summed E-state index contributed by atoms with van der Waals surface area (Å²) in [5.41, 5.74) is 1.60. The molecule has 0 aliphatic heterocycles. The number of fused-ring (bicyclic) bond motifs is 1. The number of aliphatic hydroxyl groups is 1. The van der Waals surface area contributed by atoms with Crippen LogP contribution in [0.25, 0.3) is 11.0 Å². The molecule has 6 heteroatoms. The smallest absolute Gasteiger partial charge is 0.287 e. The summed E-state index contributed by atoms with van der Waals surface area (Å²) in [4.78, 5) is 12.4. The molecule has 4 nitrogen and oxygen atoms in total. The van der Waals surface area contributed by atoms with Crippen molar-refractivity contribution >= 4 is 40.0 Å². The van der Waals surface area contributed by atoms with Gasteiger partial charge in [0.15, 0.2) is 5.76 Å². The second-order valence-electron chi connectivity index (χ2n) is 5.19. The summed E-state index contributed by atoms with van der Waals surface area (Å²) in [5, 5.41) is 15.0. The van der Waals surface area contributed by atoms with E-state index in [1.54, 1.807) is 30.0 Å².